The van der Waals surface area contributed by atoms with Crippen molar-refractivity contribution < 1.29 is 26.9 Å². The van der Waals surface area contributed by atoms with Crippen LogP contribution >= 0.6 is 11.3 Å². The van der Waals surface area contributed by atoms with Gasteiger partial charge in [0, 0.05) is 30.1 Å². The van der Waals surface area contributed by atoms with Gasteiger partial charge in [0.05, 0.1) is 36.6 Å². The fraction of sp³-hybridized carbons (Fsp3) is 0.435. The van der Waals surface area contributed by atoms with Gasteiger partial charge in [-0.2, -0.15) is 18.4 Å². The van der Waals surface area contributed by atoms with Gasteiger partial charge in [0.1, 0.15) is 4.90 Å². The van der Waals surface area contributed by atoms with Gasteiger partial charge in [-0.05, 0) is 32.4 Å². The van der Waals surface area contributed by atoms with Crippen LogP contribution in [0.15, 0.2) is 29.2 Å². The van der Waals surface area contributed by atoms with Crippen LogP contribution in [0.2, 0.25) is 0 Å². The molecule has 1 amide bonds. The second kappa shape index (κ2) is 9.59. The van der Waals surface area contributed by atoms with E-state index < -0.39 is 10.1 Å². The lowest BCUT2D eigenvalue weighted by Gasteiger charge is -2.28. The van der Waals surface area contributed by atoms with Gasteiger partial charge >= 0.3 is 22.2 Å². The zero-order valence-corrected chi connectivity index (χ0v) is 21.2. The van der Waals surface area contributed by atoms with Gasteiger partial charge in [-0.1, -0.05) is 17.7 Å². The molecule has 12 heteroatoms. The maximum absolute atomic E-state index is 13.0. The van der Waals surface area contributed by atoms with E-state index in [1.54, 1.807) is 35.3 Å². The number of morpholine rings is 1. The normalized spacial score (nSPS) is 16.3. The largest absolute Gasteiger partial charge is 0.450 e. The Bertz CT molecular complexity index is 1350. The molecular formula is C23H26N4O6S2. The molecule has 1 saturated heterocycles. The number of rotatable bonds is 5. The van der Waals surface area contributed by atoms with Crippen molar-refractivity contribution in [1.29, 1.82) is 0 Å². The third-order valence-electron chi connectivity index (χ3n) is 5.96. The average molecular weight is 519 g/mol. The number of anilines is 1. The summed E-state index contributed by atoms with van der Waals surface area (Å²) in [5.41, 5.74) is 2.41. The number of aryl methyl sites for hydroxylation is 1. The summed E-state index contributed by atoms with van der Waals surface area (Å²) in [6.45, 7) is 7.15. The van der Waals surface area contributed by atoms with Crippen LogP contribution in [0.5, 0.6) is 6.01 Å². The molecule has 2 aliphatic heterocycles. The smallest absolute Gasteiger partial charge is 0.410 e. The van der Waals surface area contributed by atoms with Gasteiger partial charge < -0.3 is 23.5 Å². The Kier molecular flexibility index (Phi) is 6.51. The minimum Gasteiger partial charge on any atom is -0.450 e. The summed E-state index contributed by atoms with van der Waals surface area (Å²) in [5.74, 6) is 0.620. The third kappa shape index (κ3) is 4.78. The number of hydrogen-bond donors (Lipinski definition) is 0. The molecule has 5 rings (SSSR count). The molecule has 2 aliphatic rings. The van der Waals surface area contributed by atoms with Crippen molar-refractivity contribution in [3.63, 3.8) is 0 Å². The highest BCUT2D eigenvalue weighted by atomic mass is 32.2. The molecule has 0 unspecified atom stereocenters. The quantitative estimate of drug-likeness (QED) is 0.470. The van der Waals surface area contributed by atoms with Crippen molar-refractivity contribution in [2.45, 2.75) is 31.7 Å². The van der Waals surface area contributed by atoms with E-state index in [1.807, 2.05) is 6.92 Å². The lowest BCUT2D eigenvalue weighted by molar-refractivity contribution is 0.103. The molecule has 35 heavy (non-hydrogen) atoms. The summed E-state index contributed by atoms with van der Waals surface area (Å²) < 4.78 is 42.9. The first-order chi connectivity index (χ1) is 16.9. The Morgan fingerprint density at radius 2 is 1.89 bits per heavy atom. The standard InChI is InChI=1S/C23H26N4O6S2/c1-3-32-23(28)27-9-8-18-17(14-27)19-20(34-18)21(26-10-12-31-13-11-26)25-22(24-19)33-35(29,30)16-6-4-15(2)5-7-16/h4-7H,3,8-14H2,1-2H3. The molecule has 1 fully saturated rings. The van der Waals surface area contributed by atoms with Crippen molar-refractivity contribution in [1.82, 2.24) is 14.9 Å². The molecule has 0 bridgehead atoms. The molecule has 4 heterocycles. The number of carbonyl (C=O) groups is 1. The zero-order chi connectivity index (χ0) is 24.6. The zero-order valence-electron chi connectivity index (χ0n) is 19.5. The Morgan fingerprint density at radius 1 is 1.14 bits per heavy atom. The van der Waals surface area contributed by atoms with Crippen LogP contribution in [0.1, 0.15) is 22.9 Å². The van der Waals surface area contributed by atoms with Gasteiger partial charge in [0.25, 0.3) is 0 Å². The first-order valence-corrected chi connectivity index (χ1v) is 13.7. The van der Waals surface area contributed by atoms with Crippen molar-refractivity contribution in [3.05, 3.63) is 40.3 Å². The number of benzene rings is 1. The number of nitrogens with zero attached hydrogens (tertiary/aromatic N) is 4. The molecule has 0 atom stereocenters. The van der Waals surface area contributed by atoms with Gasteiger partial charge in [-0.3, -0.25) is 0 Å². The number of aromatic nitrogens is 2. The Balaban J connectivity index is 1.57. The molecule has 0 saturated carbocycles. The molecule has 0 radical (unpaired) electrons. The Morgan fingerprint density at radius 3 is 2.60 bits per heavy atom. The number of amides is 1. The van der Waals surface area contributed by atoms with Crippen LogP contribution in [0, 0.1) is 6.92 Å². The van der Waals surface area contributed by atoms with Crippen LogP contribution in [-0.2, 0) is 32.6 Å². The van der Waals surface area contributed by atoms with E-state index in [1.165, 1.54) is 12.1 Å². The lowest BCUT2D eigenvalue weighted by Crippen LogP contribution is -2.37. The molecule has 10 nitrogen and oxygen atoms in total. The van der Waals surface area contributed by atoms with Crippen LogP contribution < -0.4 is 9.08 Å². The SMILES string of the molecule is CCOC(=O)N1CCc2sc3c(N4CCOCC4)nc(OS(=O)(=O)c4ccc(C)cc4)nc3c2C1. The number of ether oxygens (including phenoxy) is 2. The van der Waals surface area contributed by atoms with Crippen molar-refractivity contribution in [2.24, 2.45) is 0 Å². The van der Waals surface area contributed by atoms with Crippen LogP contribution in [0.25, 0.3) is 10.2 Å². The van der Waals surface area contributed by atoms with Crippen molar-refractivity contribution >= 4 is 43.6 Å². The first kappa shape index (κ1) is 23.8. The molecule has 186 valence electrons. The van der Waals surface area contributed by atoms with Crippen LogP contribution in [0.3, 0.4) is 0 Å². The fourth-order valence-corrected chi connectivity index (χ4v) is 6.25. The van der Waals surface area contributed by atoms with Gasteiger partial charge in [0.2, 0.25) is 0 Å². The van der Waals surface area contributed by atoms with Crippen molar-refractivity contribution in [2.75, 3.05) is 44.4 Å². The van der Waals surface area contributed by atoms with E-state index >= 15 is 0 Å². The second-order valence-corrected chi connectivity index (χ2v) is 11.0. The number of thiophene rings is 1. The van der Waals surface area contributed by atoms with E-state index in [-0.39, 0.29) is 17.0 Å². The summed E-state index contributed by atoms with van der Waals surface area (Å²) >= 11 is 1.58. The highest BCUT2D eigenvalue weighted by Gasteiger charge is 2.30. The van der Waals surface area contributed by atoms with E-state index in [0.29, 0.717) is 63.8 Å². The summed E-state index contributed by atoms with van der Waals surface area (Å²) in [6.07, 6.45) is 0.286. The Hall–Kier alpha value is -2.96. The minimum absolute atomic E-state index is 0.0283. The van der Waals surface area contributed by atoms with E-state index in [2.05, 4.69) is 14.9 Å². The van der Waals surface area contributed by atoms with Gasteiger partial charge in [-0.15, -0.1) is 11.3 Å². The highest BCUT2D eigenvalue weighted by Crippen LogP contribution is 2.40. The molecule has 2 aromatic heterocycles. The predicted octanol–water partition coefficient (Wildman–Crippen LogP) is 3.12. The minimum atomic E-state index is -4.13. The van der Waals surface area contributed by atoms with Gasteiger partial charge in [-0.25, -0.2) is 4.79 Å². The molecule has 0 aliphatic carbocycles. The fourth-order valence-electron chi connectivity index (χ4n) is 4.15. The van der Waals surface area contributed by atoms with Crippen molar-refractivity contribution in [3.8, 4) is 6.01 Å². The molecule has 3 aromatic rings. The first-order valence-electron chi connectivity index (χ1n) is 11.4. The number of carbonyl (C=O) groups excluding carboxylic acids is 1. The summed E-state index contributed by atoms with van der Waals surface area (Å²) in [7, 11) is -4.13. The maximum atomic E-state index is 13.0. The monoisotopic (exact) mass is 518 g/mol. The highest BCUT2D eigenvalue weighted by molar-refractivity contribution is 7.87. The Labute approximate surface area is 207 Å². The van der Waals surface area contributed by atoms with E-state index in [4.69, 9.17) is 13.7 Å². The topological polar surface area (TPSA) is 111 Å². The number of fused-ring (bicyclic) bond motifs is 3. The maximum Gasteiger partial charge on any atom is 0.410 e. The average Bonchev–Trinajstić information content (AvgIpc) is 3.22. The lowest BCUT2D eigenvalue weighted by atomic mass is 10.1. The molecule has 1 aromatic carbocycles. The van der Waals surface area contributed by atoms with Crippen LogP contribution in [0.4, 0.5) is 10.6 Å². The molecular weight excluding hydrogens is 492 g/mol. The molecule has 0 spiro atoms. The van der Waals surface area contributed by atoms with E-state index in [0.717, 1.165) is 20.7 Å². The van der Waals surface area contributed by atoms with Gasteiger partial charge in [0.15, 0.2) is 5.82 Å². The third-order valence-corrected chi connectivity index (χ3v) is 8.46. The summed E-state index contributed by atoms with van der Waals surface area (Å²) in [6, 6.07) is 6.16. The summed E-state index contributed by atoms with van der Waals surface area (Å²) in [5, 5.41) is 0. The van der Waals surface area contributed by atoms with E-state index in [9.17, 15) is 13.2 Å². The summed E-state index contributed by atoms with van der Waals surface area (Å²) in [4.78, 5) is 26.3. The van der Waals surface area contributed by atoms with Crippen LogP contribution in [-0.4, -0.2) is 68.8 Å². The molecule has 0 N–H and O–H groups in total. The second-order valence-electron chi connectivity index (χ2n) is 8.33. The predicted molar refractivity (Wildman–Crippen MR) is 131 cm³/mol. The number of hydrogen-bond acceptors (Lipinski definition) is 10.